The van der Waals surface area contributed by atoms with E-state index in [-0.39, 0.29) is 41.3 Å². The van der Waals surface area contributed by atoms with E-state index < -0.39 is 6.10 Å². The number of rotatable bonds is 7. The number of alkyl halides is 1. The summed E-state index contributed by atoms with van der Waals surface area (Å²) < 4.78 is 9.20. The molecule has 1 aromatic rings. The Morgan fingerprint density at radius 1 is 1.57 bits per heavy atom. The summed E-state index contributed by atoms with van der Waals surface area (Å²) in [5.74, 6) is 0.0287. The predicted octanol–water partition coefficient (Wildman–Crippen LogP) is -1.87. The van der Waals surface area contributed by atoms with E-state index in [2.05, 4.69) is 19.7 Å². The third-order valence-electron chi connectivity index (χ3n) is 2.44. The molecule has 0 aromatic carbocycles. The van der Waals surface area contributed by atoms with Crippen LogP contribution in [0.1, 0.15) is 11.3 Å². The molecule has 1 amide bonds. The summed E-state index contributed by atoms with van der Waals surface area (Å²) in [6.45, 7) is 3.50. The van der Waals surface area contributed by atoms with E-state index in [0.717, 1.165) is 17.6 Å². The van der Waals surface area contributed by atoms with Crippen LogP contribution in [0, 0.1) is 13.8 Å². The normalized spacial score (nSPS) is 11.7. The van der Waals surface area contributed by atoms with Gasteiger partial charge in [-0.3, -0.25) is 9.83 Å². The van der Waals surface area contributed by atoms with Crippen molar-refractivity contribution in [2.24, 2.45) is 0 Å². The first-order valence-electron chi connectivity index (χ1n) is 5.54. The largest absolute Gasteiger partial charge is 1.00 e. The van der Waals surface area contributed by atoms with Crippen LogP contribution in [-0.2, 0) is 18.9 Å². The number of carbonyl (C=O) groups is 1. The molecule has 1 heterocycles. The van der Waals surface area contributed by atoms with E-state index in [1.165, 1.54) is 7.11 Å². The van der Waals surface area contributed by atoms with Crippen LogP contribution in [0.4, 0.5) is 5.82 Å². The monoisotopic (exact) mass is 344 g/mol. The Labute approximate surface area is 154 Å². The third-order valence-corrected chi connectivity index (χ3v) is 3.63. The Morgan fingerprint density at radius 2 is 2.24 bits per heavy atom. The van der Waals surface area contributed by atoms with Crippen LogP contribution in [-0.4, -0.2) is 30.0 Å². The fourth-order valence-corrected chi connectivity index (χ4v) is 2.22. The van der Waals surface area contributed by atoms with Crippen molar-refractivity contribution >= 4 is 35.4 Å². The summed E-state index contributed by atoms with van der Waals surface area (Å²) in [5, 5.41) is 15.7. The minimum absolute atomic E-state index is 0. The second kappa shape index (κ2) is 10.8. The molecular weight excluding hydrogens is 331 g/mol. The first-order valence-corrected chi connectivity index (χ1v) is 6.82. The fourth-order valence-electron chi connectivity index (χ4n) is 1.50. The van der Waals surface area contributed by atoms with Crippen molar-refractivity contribution in [1.82, 2.24) is 4.98 Å². The van der Waals surface area contributed by atoms with Crippen LogP contribution < -0.4 is 40.1 Å². The molecule has 0 bridgehead atoms. The van der Waals surface area contributed by atoms with Gasteiger partial charge in [0.15, 0.2) is 0 Å². The van der Waals surface area contributed by atoms with Gasteiger partial charge >= 0.3 is 29.6 Å². The van der Waals surface area contributed by atoms with Gasteiger partial charge in [0.2, 0.25) is 0 Å². The molecule has 10 heteroatoms. The molecule has 21 heavy (non-hydrogen) atoms. The van der Waals surface area contributed by atoms with Crippen molar-refractivity contribution in [3.05, 3.63) is 17.3 Å². The number of halogens is 1. The Kier molecular flexibility index (Phi) is 10.8. The SMILES string of the molecule is COC(CCl)C(=O)Nc1cc(C)c(SOO[O-])c(C)n1.[Na+]. The van der Waals surface area contributed by atoms with Crippen LogP contribution >= 0.6 is 23.6 Å². The first-order chi connectivity index (χ1) is 9.53. The summed E-state index contributed by atoms with van der Waals surface area (Å²) >= 11 is 6.36. The van der Waals surface area contributed by atoms with Crippen LogP contribution in [0.2, 0.25) is 0 Å². The molecule has 1 unspecified atom stereocenters. The number of hydrogen-bond donors (Lipinski definition) is 1. The molecule has 1 N–H and O–H groups in total. The topological polar surface area (TPSA) is 92.7 Å². The van der Waals surface area contributed by atoms with E-state index in [9.17, 15) is 10.1 Å². The molecule has 0 aliphatic rings. The average molecular weight is 345 g/mol. The maximum Gasteiger partial charge on any atom is 1.00 e. The molecular formula is C11H14ClN2NaO5S. The van der Waals surface area contributed by atoms with E-state index in [1.54, 1.807) is 19.9 Å². The molecule has 0 fully saturated rings. The second-order valence-corrected chi connectivity index (χ2v) is 4.85. The molecule has 0 spiro atoms. The number of pyridine rings is 1. The smallest absolute Gasteiger partial charge is 0.691 e. The molecule has 0 aliphatic heterocycles. The van der Waals surface area contributed by atoms with E-state index >= 15 is 0 Å². The van der Waals surface area contributed by atoms with Crippen molar-refractivity contribution in [1.29, 1.82) is 0 Å². The molecule has 1 rings (SSSR count). The number of amides is 1. The second-order valence-electron chi connectivity index (χ2n) is 3.83. The molecule has 112 valence electrons. The summed E-state index contributed by atoms with van der Waals surface area (Å²) in [4.78, 5) is 16.6. The Bertz CT molecular complexity index is 453. The number of anilines is 1. The predicted molar refractivity (Wildman–Crippen MR) is 71.9 cm³/mol. The van der Waals surface area contributed by atoms with Crippen LogP contribution in [0.15, 0.2) is 11.0 Å². The van der Waals surface area contributed by atoms with Gasteiger partial charge in [-0.05, 0) is 25.5 Å². The zero-order valence-electron chi connectivity index (χ0n) is 12.1. The number of nitrogens with one attached hydrogen (secondary N) is 1. The standard InChI is InChI=1S/C11H15ClN2O5S.Na/c1-6-4-9(14-11(15)8(5-12)17-3)13-7(2)10(6)20-19-18-16;/h4,8,16H,5H2,1-3H3,(H,13,14,15);/q;+1/p-1. The average Bonchev–Trinajstić information content (AvgIpc) is 2.39. The minimum Gasteiger partial charge on any atom is -0.691 e. The number of carbonyl (C=O) groups excluding carboxylic acids is 1. The number of ether oxygens (including phenoxy) is 1. The van der Waals surface area contributed by atoms with Gasteiger partial charge in [-0.2, -0.15) is 4.33 Å². The molecule has 0 radical (unpaired) electrons. The zero-order chi connectivity index (χ0) is 15.1. The van der Waals surface area contributed by atoms with Gasteiger partial charge in [-0.15, -0.1) is 11.6 Å². The summed E-state index contributed by atoms with van der Waals surface area (Å²) in [6.07, 6.45) is -0.745. The third kappa shape index (κ3) is 6.39. The molecule has 0 saturated carbocycles. The molecule has 1 aromatic heterocycles. The Morgan fingerprint density at radius 3 is 2.71 bits per heavy atom. The quantitative estimate of drug-likeness (QED) is 0.203. The number of aryl methyl sites for hydroxylation is 2. The van der Waals surface area contributed by atoms with Crippen molar-refractivity contribution in [3.63, 3.8) is 0 Å². The maximum absolute atomic E-state index is 11.8. The number of hydrogen-bond acceptors (Lipinski definition) is 7. The maximum atomic E-state index is 11.8. The molecule has 1 atom stereocenters. The van der Waals surface area contributed by atoms with E-state index in [4.69, 9.17) is 16.3 Å². The van der Waals surface area contributed by atoms with Crippen molar-refractivity contribution < 1.29 is 53.7 Å². The van der Waals surface area contributed by atoms with Crippen molar-refractivity contribution in [2.75, 3.05) is 18.3 Å². The van der Waals surface area contributed by atoms with Crippen molar-refractivity contribution in [3.8, 4) is 0 Å². The Hall–Kier alpha value is 0.1000. The Balaban J connectivity index is 0.00000400. The van der Waals surface area contributed by atoms with Gasteiger partial charge in [0.1, 0.15) is 11.9 Å². The van der Waals surface area contributed by atoms with Gasteiger partial charge < -0.3 is 15.3 Å². The number of nitrogens with zero attached hydrogens (tertiary/aromatic N) is 1. The summed E-state index contributed by atoms with van der Waals surface area (Å²) in [6, 6.07) is 1.64. The molecule has 0 aliphatic carbocycles. The number of methoxy groups -OCH3 is 1. The van der Waals surface area contributed by atoms with Crippen LogP contribution in [0.25, 0.3) is 0 Å². The van der Waals surface area contributed by atoms with Gasteiger partial charge in [-0.25, -0.2) is 4.98 Å². The first kappa shape index (κ1) is 21.1. The van der Waals surface area contributed by atoms with Crippen LogP contribution in [0.3, 0.4) is 0 Å². The van der Waals surface area contributed by atoms with Crippen LogP contribution in [0.5, 0.6) is 0 Å². The van der Waals surface area contributed by atoms with Gasteiger partial charge in [0.05, 0.1) is 28.5 Å². The summed E-state index contributed by atoms with van der Waals surface area (Å²) in [5.41, 5.74) is 1.36. The van der Waals surface area contributed by atoms with Gasteiger partial charge in [0.25, 0.3) is 5.91 Å². The zero-order valence-corrected chi connectivity index (χ0v) is 15.7. The van der Waals surface area contributed by atoms with E-state index in [0.29, 0.717) is 16.4 Å². The van der Waals surface area contributed by atoms with E-state index in [1.807, 2.05) is 0 Å². The fraction of sp³-hybridized carbons (Fsp3) is 0.455. The summed E-state index contributed by atoms with van der Waals surface area (Å²) in [7, 11) is 1.40. The van der Waals surface area contributed by atoms with Gasteiger partial charge in [0, 0.05) is 7.11 Å². The molecule has 7 nitrogen and oxygen atoms in total. The van der Waals surface area contributed by atoms with Crippen molar-refractivity contribution in [2.45, 2.75) is 24.8 Å². The minimum atomic E-state index is -0.745. The van der Waals surface area contributed by atoms with Gasteiger partial charge in [-0.1, -0.05) is 0 Å². The molecule has 0 saturated heterocycles. The number of aromatic nitrogens is 1.